The summed E-state index contributed by atoms with van der Waals surface area (Å²) in [6.45, 7) is 5.81. The summed E-state index contributed by atoms with van der Waals surface area (Å²) in [5.41, 5.74) is 1.63. The van der Waals surface area contributed by atoms with Crippen molar-refractivity contribution in [3.8, 4) is 0 Å². The maximum atomic E-state index is 12.9. The lowest BCUT2D eigenvalue weighted by molar-refractivity contribution is -0.139. The van der Waals surface area contributed by atoms with E-state index in [0.717, 1.165) is 35.9 Å². The first kappa shape index (κ1) is 25.0. The molecule has 0 spiro atoms. The highest BCUT2D eigenvalue weighted by atomic mass is 32.2. The van der Waals surface area contributed by atoms with Crippen molar-refractivity contribution in [2.45, 2.75) is 55.5 Å². The van der Waals surface area contributed by atoms with Crippen LogP contribution in [0.4, 0.5) is 19.1 Å². The highest BCUT2D eigenvalue weighted by Crippen LogP contribution is 2.35. The lowest BCUT2D eigenvalue weighted by Crippen LogP contribution is -2.27. The number of nitrogens with zero attached hydrogens (tertiary/aromatic N) is 4. The number of hydrogen-bond donors (Lipinski definition) is 1. The molecule has 0 amide bonds. The zero-order chi connectivity index (χ0) is 24.2. The predicted octanol–water partition coefficient (Wildman–Crippen LogP) is 5.68. The van der Waals surface area contributed by atoms with Crippen LogP contribution in [0.1, 0.15) is 43.2 Å². The quantitative estimate of drug-likeness (QED) is 0.382. The summed E-state index contributed by atoms with van der Waals surface area (Å²) in [7, 11) is 0. The highest BCUT2D eigenvalue weighted by Gasteiger charge is 2.31. The largest absolute Gasteiger partial charge is 0.480 e. The number of benzene rings is 1. The van der Waals surface area contributed by atoms with Gasteiger partial charge in [0.15, 0.2) is 4.34 Å². The maximum absolute atomic E-state index is 12.9. The molecule has 1 N–H and O–H groups in total. The van der Waals surface area contributed by atoms with Gasteiger partial charge in [0.1, 0.15) is 4.75 Å². The number of aliphatic carboxylic acids is 1. The van der Waals surface area contributed by atoms with Gasteiger partial charge in [0.05, 0.1) is 17.8 Å². The first-order chi connectivity index (χ1) is 15.5. The molecule has 0 aliphatic heterocycles. The van der Waals surface area contributed by atoms with E-state index < -0.39 is 22.5 Å². The number of thiazole rings is 1. The van der Waals surface area contributed by atoms with Gasteiger partial charge in [-0.1, -0.05) is 30.8 Å². The summed E-state index contributed by atoms with van der Waals surface area (Å²) in [5.74, 6) is -0.502. The number of carboxylic acids is 1. The first-order valence-corrected chi connectivity index (χ1v) is 11.8. The number of thioether (sulfide) groups is 1. The summed E-state index contributed by atoms with van der Waals surface area (Å²) < 4.78 is 38.3. The number of alkyl halides is 3. The molecule has 2 aromatic heterocycles. The molecule has 0 bridgehead atoms. The van der Waals surface area contributed by atoms with Gasteiger partial charge in [-0.3, -0.25) is 4.79 Å². The number of hydrogen-bond acceptors (Lipinski definition) is 7. The molecule has 0 atom stereocenters. The number of halogens is 3. The van der Waals surface area contributed by atoms with Crippen molar-refractivity contribution in [1.82, 2.24) is 15.0 Å². The van der Waals surface area contributed by atoms with E-state index in [4.69, 9.17) is 0 Å². The Morgan fingerprint density at radius 3 is 2.27 bits per heavy atom. The fourth-order valence-corrected chi connectivity index (χ4v) is 4.96. The van der Waals surface area contributed by atoms with Gasteiger partial charge in [-0.25, -0.2) is 15.0 Å². The molecule has 0 saturated carbocycles. The van der Waals surface area contributed by atoms with Crippen molar-refractivity contribution in [2.24, 2.45) is 0 Å². The van der Waals surface area contributed by atoms with Gasteiger partial charge in [-0.05, 0) is 43.5 Å². The number of aryl methyl sites for hydroxylation is 1. The Morgan fingerprint density at radius 2 is 1.73 bits per heavy atom. The normalized spacial score (nSPS) is 12.1. The molecule has 0 unspecified atom stereocenters. The van der Waals surface area contributed by atoms with Crippen molar-refractivity contribution in [3.05, 3.63) is 64.4 Å². The standard InChI is InChI=1S/C22H23F3N4O2S2/c1-4-14-9-26-19(27-10-14)29(11-15-5-7-16(8-6-15)22(23,24)25)12-17-13-32-20(28-17)33-21(2,3)18(30)31/h5-10,13H,4,11-12H2,1-3H3,(H,30,31). The van der Waals surface area contributed by atoms with E-state index in [1.807, 2.05) is 17.2 Å². The van der Waals surface area contributed by atoms with Gasteiger partial charge in [-0.2, -0.15) is 13.2 Å². The van der Waals surface area contributed by atoms with Crippen LogP contribution < -0.4 is 4.90 Å². The number of anilines is 1. The lowest BCUT2D eigenvalue weighted by Gasteiger charge is -2.22. The minimum absolute atomic E-state index is 0.282. The Morgan fingerprint density at radius 1 is 1.09 bits per heavy atom. The van der Waals surface area contributed by atoms with Crippen molar-refractivity contribution < 1.29 is 23.1 Å². The molecule has 3 rings (SSSR count). The Bertz CT molecular complexity index is 1080. The summed E-state index contributed by atoms with van der Waals surface area (Å²) in [5, 5.41) is 11.2. The number of rotatable bonds is 9. The van der Waals surface area contributed by atoms with Crippen LogP contribution in [0.2, 0.25) is 0 Å². The molecule has 0 radical (unpaired) electrons. The third kappa shape index (κ3) is 6.67. The van der Waals surface area contributed by atoms with Gasteiger partial charge >= 0.3 is 12.1 Å². The molecule has 33 heavy (non-hydrogen) atoms. The van der Waals surface area contributed by atoms with Crippen LogP contribution in [0.15, 0.2) is 46.4 Å². The van der Waals surface area contributed by atoms with E-state index in [9.17, 15) is 23.1 Å². The average Bonchev–Trinajstić information content (AvgIpc) is 3.19. The molecule has 6 nitrogen and oxygen atoms in total. The second kappa shape index (κ2) is 10.1. The zero-order valence-corrected chi connectivity index (χ0v) is 19.9. The smallest absolute Gasteiger partial charge is 0.416 e. The Balaban J connectivity index is 1.83. The van der Waals surface area contributed by atoms with Crippen LogP contribution >= 0.6 is 23.1 Å². The Kier molecular flexibility index (Phi) is 7.63. The zero-order valence-electron chi connectivity index (χ0n) is 18.3. The SMILES string of the molecule is CCc1cnc(N(Cc2ccc(C(F)(F)F)cc2)Cc2csc(SC(C)(C)C(=O)O)n2)nc1. The van der Waals surface area contributed by atoms with Gasteiger partial charge in [-0.15, -0.1) is 11.3 Å². The molecule has 0 aliphatic carbocycles. The van der Waals surface area contributed by atoms with Crippen molar-refractivity contribution in [3.63, 3.8) is 0 Å². The Labute approximate surface area is 197 Å². The van der Waals surface area contributed by atoms with Crippen LogP contribution in [-0.4, -0.2) is 30.8 Å². The second-order valence-corrected chi connectivity index (χ2v) is 10.5. The third-order valence-corrected chi connectivity index (χ3v) is 6.95. The lowest BCUT2D eigenvalue weighted by atomic mass is 10.1. The molecule has 11 heteroatoms. The molecule has 176 valence electrons. The van der Waals surface area contributed by atoms with Gasteiger partial charge < -0.3 is 10.0 Å². The van der Waals surface area contributed by atoms with E-state index >= 15 is 0 Å². The fraction of sp³-hybridized carbons (Fsp3) is 0.364. The van der Waals surface area contributed by atoms with Gasteiger partial charge in [0.25, 0.3) is 0 Å². The van der Waals surface area contributed by atoms with E-state index in [0.29, 0.717) is 28.1 Å². The van der Waals surface area contributed by atoms with Gasteiger partial charge in [0.2, 0.25) is 5.95 Å². The molecule has 0 fully saturated rings. The molecule has 0 saturated heterocycles. The topological polar surface area (TPSA) is 79.2 Å². The van der Waals surface area contributed by atoms with E-state index in [1.165, 1.54) is 23.5 Å². The van der Waals surface area contributed by atoms with E-state index in [2.05, 4.69) is 15.0 Å². The molecular formula is C22H23F3N4O2S2. The molecule has 1 aromatic carbocycles. The van der Waals surface area contributed by atoms with Crippen LogP contribution in [0.5, 0.6) is 0 Å². The van der Waals surface area contributed by atoms with Crippen LogP contribution in [-0.2, 0) is 30.5 Å². The summed E-state index contributed by atoms with van der Waals surface area (Å²) in [4.78, 5) is 26.6. The molecule has 0 aliphatic rings. The van der Waals surface area contributed by atoms with Gasteiger partial charge in [0, 0.05) is 24.3 Å². The van der Waals surface area contributed by atoms with E-state index in [1.54, 1.807) is 26.2 Å². The van der Waals surface area contributed by atoms with Crippen LogP contribution in [0, 0.1) is 0 Å². The first-order valence-electron chi connectivity index (χ1n) is 10.1. The minimum atomic E-state index is -4.39. The highest BCUT2D eigenvalue weighted by molar-refractivity contribution is 8.02. The van der Waals surface area contributed by atoms with Crippen LogP contribution in [0.3, 0.4) is 0 Å². The molecular weight excluding hydrogens is 473 g/mol. The number of aromatic nitrogens is 3. The molecule has 2 heterocycles. The van der Waals surface area contributed by atoms with Crippen molar-refractivity contribution in [1.29, 1.82) is 0 Å². The summed E-state index contributed by atoms with van der Waals surface area (Å²) in [6.07, 6.45) is -0.166. The maximum Gasteiger partial charge on any atom is 0.416 e. The predicted molar refractivity (Wildman–Crippen MR) is 122 cm³/mol. The average molecular weight is 497 g/mol. The Hall–Kier alpha value is -2.66. The summed E-state index contributed by atoms with van der Waals surface area (Å²) in [6, 6.07) is 4.99. The monoisotopic (exact) mass is 496 g/mol. The summed E-state index contributed by atoms with van der Waals surface area (Å²) >= 11 is 2.51. The number of carbonyl (C=O) groups is 1. The third-order valence-electron chi connectivity index (χ3n) is 4.78. The van der Waals surface area contributed by atoms with Crippen molar-refractivity contribution >= 4 is 35.0 Å². The second-order valence-electron chi connectivity index (χ2n) is 7.82. The number of carboxylic acid groups (broad SMARTS) is 1. The fourth-order valence-electron chi connectivity index (χ4n) is 2.78. The minimum Gasteiger partial charge on any atom is -0.480 e. The van der Waals surface area contributed by atoms with Crippen molar-refractivity contribution in [2.75, 3.05) is 4.90 Å². The molecule has 3 aromatic rings. The van der Waals surface area contributed by atoms with E-state index in [-0.39, 0.29) is 6.54 Å². The van der Waals surface area contributed by atoms with Crippen LogP contribution in [0.25, 0.3) is 0 Å².